The van der Waals surface area contributed by atoms with E-state index in [2.05, 4.69) is 19.0 Å². The number of rotatable bonds is 7. The predicted octanol–water partition coefficient (Wildman–Crippen LogP) is 3.07. The summed E-state index contributed by atoms with van der Waals surface area (Å²) in [5.74, 6) is 3.48. The van der Waals surface area contributed by atoms with Crippen LogP contribution in [0.3, 0.4) is 0 Å². The van der Waals surface area contributed by atoms with Gasteiger partial charge >= 0.3 is 0 Å². The SMILES string of the molecule is CCC(C)CSCc1ccc(OC)c(/C(N)=N/O)c1. The molecule has 0 aliphatic rings. The predicted molar refractivity (Wildman–Crippen MR) is 81.1 cm³/mol. The maximum atomic E-state index is 8.78. The van der Waals surface area contributed by atoms with E-state index in [-0.39, 0.29) is 5.84 Å². The van der Waals surface area contributed by atoms with E-state index in [1.54, 1.807) is 7.11 Å². The summed E-state index contributed by atoms with van der Waals surface area (Å²) in [6.45, 7) is 4.46. The Balaban J connectivity index is 2.75. The lowest BCUT2D eigenvalue weighted by Crippen LogP contribution is -2.14. The molecule has 0 saturated heterocycles. The van der Waals surface area contributed by atoms with Gasteiger partial charge in [0, 0.05) is 5.75 Å². The molecule has 1 rings (SSSR count). The minimum Gasteiger partial charge on any atom is -0.496 e. The number of amidine groups is 1. The molecule has 4 nitrogen and oxygen atoms in total. The highest BCUT2D eigenvalue weighted by Gasteiger charge is 2.09. The van der Waals surface area contributed by atoms with Gasteiger partial charge in [0.25, 0.3) is 0 Å². The molecule has 1 aromatic carbocycles. The van der Waals surface area contributed by atoms with Crippen molar-refractivity contribution in [3.8, 4) is 5.75 Å². The van der Waals surface area contributed by atoms with Gasteiger partial charge in [0.05, 0.1) is 12.7 Å². The van der Waals surface area contributed by atoms with Gasteiger partial charge in [-0.3, -0.25) is 0 Å². The van der Waals surface area contributed by atoms with Crippen molar-refractivity contribution in [2.75, 3.05) is 12.9 Å². The highest BCUT2D eigenvalue weighted by Crippen LogP contribution is 2.23. The molecule has 19 heavy (non-hydrogen) atoms. The second-order valence-corrected chi connectivity index (χ2v) is 5.58. The summed E-state index contributed by atoms with van der Waals surface area (Å²) in [5.41, 5.74) is 7.43. The first-order valence-electron chi connectivity index (χ1n) is 6.34. The van der Waals surface area contributed by atoms with Crippen LogP contribution in [0, 0.1) is 5.92 Å². The Morgan fingerprint density at radius 2 is 2.26 bits per heavy atom. The first-order chi connectivity index (χ1) is 9.12. The van der Waals surface area contributed by atoms with Crippen LogP contribution in [0.15, 0.2) is 23.4 Å². The molecule has 106 valence electrons. The Kier molecular flexibility index (Phi) is 6.56. The van der Waals surface area contributed by atoms with Gasteiger partial charge in [-0.25, -0.2) is 0 Å². The van der Waals surface area contributed by atoms with Gasteiger partial charge in [-0.2, -0.15) is 11.8 Å². The van der Waals surface area contributed by atoms with Gasteiger partial charge in [0.2, 0.25) is 0 Å². The first-order valence-corrected chi connectivity index (χ1v) is 7.50. The Labute approximate surface area is 119 Å². The van der Waals surface area contributed by atoms with Gasteiger partial charge in [-0.05, 0) is 29.4 Å². The highest BCUT2D eigenvalue weighted by atomic mass is 32.2. The molecule has 0 aromatic heterocycles. The number of thioether (sulfide) groups is 1. The van der Waals surface area contributed by atoms with Crippen LogP contribution in [0.5, 0.6) is 5.75 Å². The average molecular weight is 282 g/mol. The van der Waals surface area contributed by atoms with Crippen molar-refractivity contribution in [3.63, 3.8) is 0 Å². The minimum absolute atomic E-state index is 0.0747. The third-order valence-corrected chi connectivity index (χ3v) is 4.36. The van der Waals surface area contributed by atoms with Gasteiger partial charge in [-0.1, -0.05) is 31.5 Å². The number of hydrogen-bond donors (Lipinski definition) is 2. The molecular formula is C14H22N2O2S. The van der Waals surface area contributed by atoms with Crippen molar-refractivity contribution in [1.29, 1.82) is 0 Å². The van der Waals surface area contributed by atoms with Crippen LogP contribution in [0.4, 0.5) is 0 Å². The van der Waals surface area contributed by atoms with Crippen LogP contribution in [-0.4, -0.2) is 23.9 Å². The zero-order valence-corrected chi connectivity index (χ0v) is 12.5. The van der Waals surface area contributed by atoms with Crippen molar-refractivity contribution in [3.05, 3.63) is 29.3 Å². The second-order valence-electron chi connectivity index (χ2n) is 4.55. The maximum absolute atomic E-state index is 8.78. The fraction of sp³-hybridized carbons (Fsp3) is 0.500. The van der Waals surface area contributed by atoms with Crippen LogP contribution in [0.25, 0.3) is 0 Å². The number of ether oxygens (including phenoxy) is 1. The number of benzene rings is 1. The molecule has 1 atom stereocenters. The van der Waals surface area contributed by atoms with Crippen LogP contribution < -0.4 is 10.5 Å². The van der Waals surface area contributed by atoms with E-state index in [0.29, 0.717) is 11.3 Å². The molecule has 0 aliphatic carbocycles. The molecule has 0 heterocycles. The molecule has 0 saturated carbocycles. The third-order valence-electron chi connectivity index (χ3n) is 3.02. The summed E-state index contributed by atoms with van der Waals surface area (Å²) in [4.78, 5) is 0. The Bertz CT molecular complexity index is 435. The smallest absolute Gasteiger partial charge is 0.173 e. The Morgan fingerprint density at radius 1 is 1.53 bits per heavy atom. The molecular weight excluding hydrogens is 260 g/mol. The lowest BCUT2D eigenvalue weighted by Gasteiger charge is -2.11. The van der Waals surface area contributed by atoms with Gasteiger partial charge in [0.15, 0.2) is 5.84 Å². The summed E-state index contributed by atoms with van der Waals surface area (Å²) in [6, 6.07) is 5.78. The average Bonchev–Trinajstić information content (AvgIpc) is 2.45. The largest absolute Gasteiger partial charge is 0.496 e. The molecule has 5 heteroatoms. The standard InChI is InChI=1S/C14H22N2O2S/c1-4-10(2)8-19-9-11-5-6-13(18-3)12(7-11)14(15)16-17/h5-7,10,17H,4,8-9H2,1-3H3,(H2,15,16). The second kappa shape index (κ2) is 7.94. The highest BCUT2D eigenvalue weighted by molar-refractivity contribution is 7.98. The quantitative estimate of drug-likeness (QED) is 0.349. The summed E-state index contributed by atoms with van der Waals surface area (Å²) in [5, 5.41) is 11.8. The van der Waals surface area contributed by atoms with Crippen molar-refractivity contribution in [2.24, 2.45) is 16.8 Å². The maximum Gasteiger partial charge on any atom is 0.173 e. The molecule has 0 aliphatic heterocycles. The number of hydrogen-bond acceptors (Lipinski definition) is 4. The topological polar surface area (TPSA) is 67.8 Å². The van der Waals surface area contributed by atoms with Crippen molar-refractivity contribution in [1.82, 2.24) is 0 Å². The monoisotopic (exact) mass is 282 g/mol. The first kappa shape index (κ1) is 15.7. The van der Waals surface area contributed by atoms with Crippen molar-refractivity contribution in [2.45, 2.75) is 26.0 Å². The van der Waals surface area contributed by atoms with E-state index in [4.69, 9.17) is 15.7 Å². The van der Waals surface area contributed by atoms with Crippen LogP contribution in [0.2, 0.25) is 0 Å². The fourth-order valence-electron chi connectivity index (χ4n) is 1.59. The van der Waals surface area contributed by atoms with E-state index in [1.807, 2.05) is 30.0 Å². The zero-order valence-electron chi connectivity index (χ0n) is 11.7. The fourth-order valence-corrected chi connectivity index (χ4v) is 2.77. The van der Waals surface area contributed by atoms with E-state index in [1.165, 1.54) is 6.42 Å². The third kappa shape index (κ3) is 4.67. The van der Waals surface area contributed by atoms with Crippen LogP contribution in [-0.2, 0) is 5.75 Å². The molecule has 0 bridgehead atoms. The summed E-state index contributed by atoms with van der Waals surface area (Å²) in [7, 11) is 1.57. The zero-order chi connectivity index (χ0) is 14.3. The molecule has 3 N–H and O–H groups in total. The summed E-state index contributed by atoms with van der Waals surface area (Å²) < 4.78 is 5.20. The molecule has 0 radical (unpaired) electrons. The van der Waals surface area contributed by atoms with E-state index in [9.17, 15) is 0 Å². The van der Waals surface area contributed by atoms with E-state index in [0.717, 1.165) is 23.0 Å². The summed E-state index contributed by atoms with van der Waals surface area (Å²) >= 11 is 1.90. The number of oxime groups is 1. The lowest BCUT2D eigenvalue weighted by atomic mass is 10.1. The van der Waals surface area contributed by atoms with E-state index >= 15 is 0 Å². The molecule has 0 spiro atoms. The van der Waals surface area contributed by atoms with Crippen LogP contribution >= 0.6 is 11.8 Å². The number of nitrogens with zero attached hydrogens (tertiary/aromatic N) is 1. The molecule has 1 aromatic rings. The number of nitrogens with two attached hydrogens (primary N) is 1. The molecule has 0 fully saturated rings. The molecule has 1 unspecified atom stereocenters. The number of methoxy groups -OCH3 is 1. The lowest BCUT2D eigenvalue weighted by molar-refractivity contribution is 0.318. The Morgan fingerprint density at radius 3 is 2.84 bits per heavy atom. The molecule has 0 amide bonds. The van der Waals surface area contributed by atoms with Crippen molar-refractivity contribution < 1.29 is 9.94 Å². The van der Waals surface area contributed by atoms with Crippen molar-refractivity contribution >= 4 is 17.6 Å². The van der Waals surface area contributed by atoms with Gasteiger partial charge in [-0.15, -0.1) is 0 Å². The minimum atomic E-state index is 0.0747. The Hall–Kier alpha value is -1.36. The van der Waals surface area contributed by atoms with Crippen LogP contribution in [0.1, 0.15) is 31.4 Å². The summed E-state index contributed by atoms with van der Waals surface area (Å²) in [6.07, 6.45) is 1.20. The normalized spacial score (nSPS) is 13.3. The van der Waals surface area contributed by atoms with E-state index < -0.39 is 0 Å². The van der Waals surface area contributed by atoms with Gasteiger partial charge < -0.3 is 15.7 Å². The van der Waals surface area contributed by atoms with Gasteiger partial charge in [0.1, 0.15) is 5.75 Å².